The molecule has 0 aliphatic carbocycles. The fraction of sp³-hybridized carbons (Fsp3) is 0.471. The van der Waals surface area contributed by atoms with Crippen molar-refractivity contribution in [2.24, 2.45) is 5.92 Å². The first-order valence-corrected chi connectivity index (χ1v) is 8.35. The van der Waals surface area contributed by atoms with Crippen LogP contribution in [0.4, 0.5) is 0 Å². The molecule has 3 rings (SSSR count). The fourth-order valence-electron chi connectivity index (χ4n) is 3.21. The van der Waals surface area contributed by atoms with E-state index in [0.29, 0.717) is 36.8 Å². The number of aromatic carboxylic acids is 1. The highest BCUT2D eigenvalue weighted by Crippen LogP contribution is 2.22. The molecule has 0 spiro atoms. The summed E-state index contributed by atoms with van der Waals surface area (Å²) in [4.78, 5) is 25.3. The normalized spacial score (nSPS) is 17.0. The lowest BCUT2D eigenvalue weighted by molar-refractivity contribution is -0.130. The van der Waals surface area contributed by atoms with Gasteiger partial charge in [0.15, 0.2) is 0 Å². The Labute approximate surface area is 145 Å². The van der Waals surface area contributed by atoms with E-state index >= 15 is 0 Å². The van der Waals surface area contributed by atoms with Crippen LogP contribution in [0, 0.1) is 12.8 Å². The van der Waals surface area contributed by atoms with Gasteiger partial charge in [0.05, 0.1) is 12.1 Å². The van der Waals surface area contributed by atoms with Crippen molar-refractivity contribution in [3.8, 4) is 0 Å². The molecule has 2 heterocycles. The van der Waals surface area contributed by atoms with E-state index in [1.165, 1.54) is 0 Å². The van der Waals surface area contributed by atoms with Crippen molar-refractivity contribution >= 4 is 11.9 Å². The molecular weight excluding hydrogens is 322 g/mol. The van der Waals surface area contributed by atoms with Gasteiger partial charge in [0.2, 0.25) is 5.91 Å². The summed E-state index contributed by atoms with van der Waals surface area (Å²) in [6.45, 7) is 3.75. The van der Waals surface area contributed by atoms with Crippen molar-refractivity contribution in [2.45, 2.75) is 32.7 Å². The molecule has 0 unspecified atom stereocenters. The second kappa shape index (κ2) is 7.42. The van der Waals surface area contributed by atoms with Crippen LogP contribution in [0.15, 0.2) is 24.3 Å². The van der Waals surface area contributed by atoms with Gasteiger partial charge in [-0.2, -0.15) is 0 Å². The molecule has 1 aromatic carbocycles. The molecule has 1 saturated heterocycles. The predicted octanol–water partition coefficient (Wildman–Crippen LogP) is 1.16. The zero-order chi connectivity index (χ0) is 17.8. The van der Waals surface area contributed by atoms with Gasteiger partial charge in [0.1, 0.15) is 5.82 Å². The number of benzene rings is 1. The molecule has 8 nitrogen and oxygen atoms in total. The first kappa shape index (κ1) is 17.1. The van der Waals surface area contributed by atoms with E-state index < -0.39 is 5.97 Å². The number of carbonyl (C=O) groups is 2. The molecule has 132 valence electrons. The maximum absolute atomic E-state index is 12.4. The third kappa shape index (κ3) is 4.20. The van der Waals surface area contributed by atoms with E-state index in [1.807, 2.05) is 17.9 Å². The smallest absolute Gasteiger partial charge is 0.335 e. The van der Waals surface area contributed by atoms with Crippen LogP contribution in [0.2, 0.25) is 0 Å². The van der Waals surface area contributed by atoms with Gasteiger partial charge in [-0.1, -0.05) is 12.1 Å². The molecule has 0 saturated carbocycles. The Hall–Kier alpha value is -2.77. The Balaban J connectivity index is 1.51. The van der Waals surface area contributed by atoms with E-state index in [0.717, 1.165) is 24.9 Å². The van der Waals surface area contributed by atoms with Crippen LogP contribution in [-0.2, 0) is 17.8 Å². The van der Waals surface area contributed by atoms with Crippen molar-refractivity contribution in [1.82, 2.24) is 25.1 Å². The second-order valence-corrected chi connectivity index (χ2v) is 6.40. The van der Waals surface area contributed by atoms with Crippen LogP contribution in [0.3, 0.4) is 0 Å². The molecular formula is C17H21N5O3. The molecule has 8 heteroatoms. The molecule has 1 aliphatic heterocycles. The summed E-state index contributed by atoms with van der Waals surface area (Å²) in [5.74, 6) is 0.257. The van der Waals surface area contributed by atoms with Crippen molar-refractivity contribution in [3.05, 3.63) is 41.2 Å². The van der Waals surface area contributed by atoms with Gasteiger partial charge in [-0.15, -0.1) is 5.10 Å². The second-order valence-electron chi connectivity index (χ2n) is 6.40. The van der Waals surface area contributed by atoms with E-state index in [9.17, 15) is 9.59 Å². The SMILES string of the molecule is Cc1nnnn1CCC(=O)N1CC[C@H](Cc2cccc(C(=O)O)c2)C1. The van der Waals surface area contributed by atoms with Crippen molar-refractivity contribution in [3.63, 3.8) is 0 Å². The van der Waals surface area contributed by atoms with Crippen molar-refractivity contribution < 1.29 is 14.7 Å². The number of amides is 1. The number of hydrogen-bond donors (Lipinski definition) is 1. The first-order valence-electron chi connectivity index (χ1n) is 8.35. The number of aryl methyl sites for hydroxylation is 2. The monoisotopic (exact) mass is 343 g/mol. The summed E-state index contributed by atoms with van der Waals surface area (Å²) in [5.41, 5.74) is 1.31. The lowest BCUT2D eigenvalue weighted by Gasteiger charge is -2.16. The lowest BCUT2D eigenvalue weighted by atomic mass is 9.97. The number of carboxylic acids is 1. The minimum atomic E-state index is -0.914. The molecule has 0 radical (unpaired) electrons. The minimum Gasteiger partial charge on any atom is -0.478 e. The van der Waals surface area contributed by atoms with Crippen LogP contribution >= 0.6 is 0 Å². The van der Waals surface area contributed by atoms with Crippen molar-refractivity contribution in [2.75, 3.05) is 13.1 Å². The molecule has 1 amide bonds. The molecule has 2 aromatic rings. The highest BCUT2D eigenvalue weighted by molar-refractivity contribution is 5.87. The summed E-state index contributed by atoms with van der Waals surface area (Å²) < 4.78 is 1.63. The molecule has 1 atom stereocenters. The minimum absolute atomic E-state index is 0.108. The van der Waals surface area contributed by atoms with Gasteiger partial charge >= 0.3 is 5.97 Å². The summed E-state index contributed by atoms with van der Waals surface area (Å²) in [7, 11) is 0. The Kier molecular flexibility index (Phi) is 5.06. The number of carbonyl (C=O) groups excluding carboxylic acids is 1. The standard InChI is InChI=1S/C17H21N5O3/c1-12-18-19-20-22(12)8-6-16(23)21-7-5-14(11-21)9-13-3-2-4-15(10-13)17(24)25/h2-4,10,14H,5-9,11H2,1H3,(H,24,25)/t14-/m1/s1. The summed E-state index contributed by atoms with van der Waals surface area (Å²) in [6, 6.07) is 7.02. The van der Waals surface area contributed by atoms with Crippen LogP contribution < -0.4 is 0 Å². The largest absolute Gasteiger partial charge is 0.478 e. The zero-order valence-corrected chi connectivity index (χ0v) is 14.1. The highest BCUT2D eigenvalue weighted by atomic mass is 16.4. The third-order valence-electron chi connectivity index (χ3n) is 4.59. The molecule has 0 bridgehead atoms. The average Bonchev–Trinajstić information content (AvgIpc) is 3.22. The Morgan fingerprint density at radius 1 is 1.36 bits per heavy atom. The van der Waals surface area contributed by atoms with E-state index in [1.54, 1.807) is 22.9 Å². The number of hydrogen-bond acceptors (Lipinski definition) is 5. The van der Waals surface area contributed by atoms with Gasteiger partial charge in [0.25, 0.3) is 0 Å². The Morgan fingerprint density at radius 2 is 2.20 bits per heavy atom. The molecule has 1 aromatic heterocycles. The maximum Gasteiger partial charge on any atom is 0.335 e. The van der Waals surface area contributed by atoms with Crippen LogP contribution in [0.1, 0.15) is 34.6 Å². The Morgan fingerprint density at radius 3 is 2.92 bits per heavy atom. The fourth-order valence-corrected chi connectivity index (χ4v) is 3.21. The lowest BCUT2D eigenvalue weighted by Crippen LogP contribution is -2.29. The summed E-state index contributed by atoms with van der Waals surface area (Å²) in [6.07, 6.45) is 2.11. The van der Waals surface area contributed by atoms with E-state index in [2.05, 4.69) is 15.5 Å². The number of likely N-dealkylation sites (tertiary alicyclic amines) is 1. The third-order valence-corrected chi connectivity index (χ3v) is 4.59. The zero-order valence-electron chi connectivity index (χ0n) is 14.1. The van der Waals surface area contributed by atoms with Crippen LogP contribution in [-0.4, -0.2) is 55.2 Å². The summed E-state index contributed by atoms with van der Waals surface area (Å²) >= 11 is 0. The number of rotatable bonds is 6. The van der Waals surface area contributed by atoms with Crippen LogP contribution in [0.5, 0.6) is 0 Å². The van der Waals surface area contributed by atoms with Crippen LogP contribution in [0.25, 0.3) is 0 Å². The average molecular weight is 343 g/mol. The quantitative estimate of drug-likeness (QED) is 0.844. The van der Waals surface area contributed by atoms with E-state index in [4.69, 9.17) is 5.11 Å². The maximum atomic E-state index is 12.4. The van der Waals surface area contributed by atoms with Gasteiger partial charge in [-0.05, 0) is 53.8 Å². The molecule has 1 fully saturated rings. The first-order chi connectivity index (χ1) is 12.0. The molecule has 1 aliphatic rings. The number of aromatic nitrogens is 4. The number of carboxylic acid groups (broad SMARTS) is 1. The van der Waals surface area contributed by atoms with Gasteiger partial charge in [-0.25, -0.2) is 9.48 Å². The van der Waals surface area contributed by atoms with Crippen molar-refractivity contribution in [1.29, 1.82) is 0 Å². The Bertz CT molecular complexity index is 773. The molecule has 25 heavy (non-hydrogen) atoms. The van der Waals surface area contributed by atoms with E-state index in [-0.39, 0.29) is 5.91 Å². The number of nitrogens with zero attached hydrogens (tertiary/aromatic N) is 5. The highest BCUT2D eigenvalue weighted by Gasteiger charge is 2.26. The predicted molar refractivity (Wildman–Crippen MR) is 89.0 cm³/mol. The van der Waals surface area contributed by atoms with Gasteiger partial charge in [-0.3, -0.25) is 4.79 Å². The van der Waals surface area contributed by atoms with Gasteiger partial charge < -0.3 is 10.0 Å². The molecule has 1 N–H and O–H groups in total. The topological polar surface area (TPSA) is 101 Å². The summed E-state index contributed by atoms with van der Waals surface area (Å²) in [5, 5.41) is 20.3. The van der Waals surface area contributed by atoms with Gasteiger partial charge in [0, 0.05) is 19.5 Å². The number of tetrazole rings is 1.